The largest absolute Gasteiger partial charge is 0.443 e. The number of alkyl carbamates (subject to hydrolysis) is 1. The number of hydrogen-bond donors (Lipinski definition) is 1. The van der Waals surface area contributed by atoms with Crippen molar-refractivity contribution in [2.45, 2.75) is 58.0 Å². The van der Waals surface area contributed by atoms with E-state index < -0.39 is 0 Å². The summed E-state index contributed by atoms with van der Waals surface area (Å²) in [5.74, 6) is 1.85. The van der Waals surface area contributed by atoms with Gasteiger partial charge in [0, 0.05) is 5.70 Å². The summed E-state index contributed by atoms with van der Waals surface area (Å²) in [5, 5.41) is 2.88. The van der Waals surface area contributed by atoms with Crippen LogP contribution in [-0.4, -0.2) is 11.7 Å². The van der Waals surface area contributed by atoms with Crippen LogP contribution < -0.4 is 5.32 Å². The Balaban J connectivity index is 1.53. The summed E-state index contributed by atoms with van der Waals surface area (Å²) in [6, 6.07) is 0. The molecule has 3 nitrogen and oxygen atoms in total. The van der Waals surface area contributed by atoms with E-state index in [1.165, 1.54) is 38.5 Å². The Morgan fingerprint density at radius 1 is 1.25 bits per heavy atom. The summed E-state index contributed by atoms with van der Waals surface area (Å²) in [6.07, 6.45) is 13.4. The molecule has 2 atom stereocenters. The van der Waals surface area contributed by atoms with Crippen LogP contribution >= 0.6 is 0 Å². The Kier molecular flexibility index (Phi) is 3.61. The van der Waals surface area contributed by atoms with Crippen LogP contribution in [0.25, 0.3) is 0 Å². The fourth-order valence-electron chi connectivity index (χ4n) is 3.51. The van der Waals surface area contributed by atoms with Crippen LogP contribution in [0.15, 0.2) is 23.9 Å². The van der Waals surface area contributed by atoms with Crippen molar-refractivity contribution in [3.63, 3.8) is 0 Å². The normalized spacial score (nSPS) is 29.4. The first kappa shape index (κ1) is 13.7. The lowest BCUT2D eigenvalue weighted by molar-refractivity contribution is -0.0172. The zero-order chi connectivity index (χ0) is 14.2. The molecule has 110 valence electrons. The average molecular weight is 275 g/mol. The fraction of sp³-hybridized carbons (Fsp3) is 0.706. The predicted octanol–water partition coefficient (Wildman–Crippen LogP) is 4.16. The second-order valence-corrected chi connectivity index (χ2v) is 7.00. The molecule has 2 saturated carbocycles. The van der Waals surface area contributed by atoms with E-state index in [2.05, 4.69) is 17.5 Å². The third-order valence-corrected chi connectivity index (χ3v) is 5.00. The topological polar surface area (TPSA) is 38.3 Å². The molecule has 1 amide bonds. The van der Waals surface area contributed by atoms with Crippen LogP contribution in [0.3, 0.4) is 0 Å². The second-order valence-electron chi connectivity index (χ2n) is 7.00. The molecule has 2 unspecified atom stereocenters. The lowest BCUT2D eigenvalue weighted by Crippen LogP contribution is -2.41. The molecule has 2 fully saturated rings. The Labute approximate surface area is 121 Å². The third-order valence-electron chi connectivity index (χ3n) is 5.00. The van der Waals surface area contributed by atoms with Crippen molar-refractivity contribution in [3.05, 3.63) is 23.9 Å². The van der Waals surface area contributed by atoms with Crippen molar-refractivity contribution < 1.29 is 9.53 Å². The van der Waals surface area contributed by atoms with E-state index in [0.29, 0.717) is 11.8 Å². The molecule has 1 N–H and O–H groups in total. The number of rotatable bonds is 3. The highest BCUT2D eigenvalue weighted by molar-refractivity contribution is 5.71. The maximum absolute atomic E-state index is 12.1. The molecule has 0 saturated heterocycles. The minimum absolute atomic E-state index is 0.310. The number of ether oxygens (including phenoxy) is 1. The van der Waals surface area contributed by atoms with Gasteiger partial charge in [-0.3, -0.25) is 5.32 Å². The molecule has 3 aliphatic rings. The minimum Gasteiger partial charge on any atom is -0.443 e. The van der Waals surface area contributed by atoms with Gasteiger partial charge in [-0.15, -0.1) is 0 Å². The van der Waals surface area contributed by atoms with Gasteiger partial charge in [0.25, 0.3) is 0 Å². The minimum atomic E-state index is -0.369. The van der Waals surface area contributed by atoms with Gasteiger partial charge in [0.1, 0.15) is 5.60 Å². The van der Waals surface area contributed by atoms with Gasteiger partial charge in [-0.1, -0.05) is 31.4 Å². The van der Waals surface area contributed by atoms with Gasteiger partial charge in [0.15, 0.2) is 0 Å². The van der Waals surface area contributed by atoms with Crippen LogP contribution in [0.2, 0.25) is 0 Å². The number of nitrogens with one attached hydrogen (secondary N) is 1. The van der Waals surface area contributed by atoms with E-state index in [0.717, 1.165) is 11.6 Å². The summed E-state index contributed by atoms with van der Waals surface area (Å²) in [7, 11) is 0. The maximum Gasteiger partial charge on any atom is 0.412 e. The zero-order valence-corrected chi connectivity index (χ0v) is 12.5. The Morgan fingerprint density at radius 2 is 2.00 bits per heavy atom. The fourth-order valence-corrected chi connectivity index (χ4v) is 3.51. The number of fused-ring (bicyclic) bond motifs is 1. The van der Waals surface area contributed by atoms with Crippen molar-refractivity contribution in [2.75, 3.05) is 0 Å². The smallest absolute Gasteiger partial charge is 0.412 e. The highest BCUT2D eigenvalue weighted by Gasteiger charge is 2.36. The van der Waals surface area contributed by atoms with Crippen LogP contribution in [0, 0.1) is 17.8 Å². The Morgan fingerprint density at radius 3 is 2.70 bits per heavy atom. The van der Waals surface area contributed by atoms with Crippen molar-refractivity contribution in [3.8, 4) is 0 Å². The summed E-state index contributed by atoms with van der Waals surface area (Å²) in [6.45, 7) is 4.09. The van der Waals surface area contributed by atoms with Crippen molar-refractivity contribution in [1.82, 2.24) is 5.32 Å². The van der Waals surface area contributed by atoms with Crippen LogP contribution in [0.4, 0.5) is 4.79 Å². The number of hydrogen-bond acceptors (Lipinski definition) is 2. The molecule has 3 heteroatoms. The van der Waals surface area contributed by atoms with Crippen molar-refractivity contribution >= 4 is 6.09 Å². The Bertz CT molecular complexity index is 444. The van der Waals surface area contributed by atoms with Gasteiger partial charge >= 0.3 is 6.09 Å². The van der Waals surface area contributed by atoms with E-state index in [1.54, 1.807) is 0 Å². The zero-order valence-electron chi connectivity index (χ0n) is 12.5. The van der Waals surface area contributed by atoms with Gasteiger partial charge in [-0.2, -0.15) is 0 Å². The number of carbonyl (C=O) groups excluding carboxylic acids is 1. The standard InChI is InChI=1S/C17H25NO2/c1-17(2,14-6-4-3-5-7-14)20-16(19)18-15-9-8-12-10-13(12)11-15/h8-9,11-14H,3-7,10H2,1-2H3,(H,18,19). The van der Waals surface area contributed by atoms with Crippen LogP contribution in [-0.2, 0) is 4.74 Å². The average Bonchev–Trinajstić information content (AvgIpc) is 3.17. The highest BCUT2D eigenvalue weighted by atomic mass is 16.6. The molecule has 3 rings (SSSR count). The van der Waals surface area contributed by atoms with Crippen molar-refractivity contribution in [1.29, 1.82) is 0 Å². The predicted molar refractivity (Wildman–Crippen MR) is 79.1 cm³/mol. The monoisotopic (exact) mass is 275 g/mol. The lowest BCUT2D eigenvalue weighted by atomic mass is 9.79. The molecule has 0 aromatic heterocycles. The molecule has 0 aromatic carbocycles. The third kappa shape index (κ3) is 3.08. The molecular formula is C17H25NO2. The maximum atomic E-state index is 12.1. The SMILES string of the molecule is CC(C)(OC(=O)NC1=CC2CC2C=C1)C1CCCCC1. The molecule has 0 spiro atoms. The summed E-state index contributed by atoms with van der Waals surface area (Å²) >= 11 is 0. The quantitative estimate of drug-likeness (QED) is 0.839. The molecule has 0 radical (unpaired) electrons. The number of amides is 1. The lowest BCUT2D eigenvalue weighted by Gasteiger charge is -2.36. The molecular weight excluding hydrogens is 250 g/mol. The Hall–Kier alpha value is -1.25. The van der Waals surface area contributed by atoms with E-state index in [1.807, 2.05) is 19.9 Å². The van der Waals surface area contributed by atoms with Gasteiger partial charge in [0.2, 0.25) is 0 Å². The second kappa shape index (κ2) is 5.27. The summed E-state index contributed by atoms with van der Waals surface area (Å²) in [5.41, 5.74) is 0.527. The van der Waals surface area contributed by atoms with E-state index in [9.17, 15) is 4.79 Å². The van der Waals surface area contributed by atoms with E-state index >= 15 is 0 Å². The van der Waals surface area contributed by atoms with Crippen LogP contribution in [0.1, 0.15) is 52.4 Å². The molecule has 0 heterocycles. The molecule has 20 heavy (non-hydrogen) atoms. The number of carbonyl (C=O) groups is 1. The van der Waals surface area contributed by atoms with Crippen molar-refractivity contribution in [2.24, 2.45) is 17.8 Å². The first-order valence-corrected chi connectivity index (χ1v) is 7.94. The van der Waals surface area contributed by atoms with E-state index in [-0.39, 0.29) is 11.7 Å². The number of allylic oxidation sites excluding steroid dienone is 3. The van der Waals surface area contributed by atoms with E-state index in [4.69, 9.17) is 4.74 Å². The first-order chi connectivity index (χ1) is 9.54. The van der Waals surface area contributed by atoms with Crippen LogP contribution in [0.5, 0.6) is 0 Å². The van der Waals surface area contributed by atoms with Gasteiger partial charge in [-0.05, 0) is 56.9 Å². The van der Waals surface area contributed by atoms with Gasteiger partial charge in [0.05, 0.1) is 0 Å². The molecule has 0 aromatic rings. The van der Waals surface area contributed by atoms with Gasteiger partial charge in [-0.25, -0.2) is 4.79 Å². The summed E-state index contributed by atoms with van der Waals surface area (Å²) < 4.78 is 5.70. The summed E-state index contributed by atoms with van der Waals surface area (Å²) in [4.78, 5) is 12.1. The first-order valence-electron chi connectivity index (χ1n) is 7.94. The van der Waals surface area contributed by atoms with Gasteiger partial charge < -0.3 is 4.74 Å². The molecule has 0 bridgehead atoms. The molecule has 3 aliphatic carbocycles. The molecule has 0 aliphatic heterocycles. The highest BCUT2D eigenvalue weighted by Crippen LogP contribution is 2.43.